The maximum atomic E-state index is 12.0. The maximum Gasteiger partial charge on any atom is 0.242 e. The zero-order chi connectivity index (χ0) is 15.2. The summed E-state index contributed by atoms with van der Waals surface area (Å²) in [6.07, 6.45) is -0.109. The molecule has 0 aliphatic carbocycles. The minimum absolute atomic E-state index is 0.0345. The van der Waals surface area contributed by atoms with Crippen LogP contribution in [0.4, 0.5) is 5.69 Å². The van der Waals surface area contributed by atoms with E-state index in [1.165, 1.54) is 12.1 Å². The molecule has 0 saturated heterocycles. The highest BCUT2D eigenvalue weighted by Crippen LogP contribution is 2.20. The molecule has 0 saturated carbocycles. The van der Waals surface area contributed by atoms with Crippen molar-refractivity contribution in [2.24, 2.45) is 0 Å². The van der Waals surface area contributed by atoms with Crippen molar-refractivity contribution in [3.8, 4) is 0 Å². The van der Waals surface area contributed by atoms with Crippen molar-refractivity contribution in [2.45, 2.75) is 37.7 Å². The first-order valence-electron chi connectivity index (χ1n) is 6.43. The number of anilines is 1. The number of aliphatic hydroxyl groups is 1. The molecule has 0 spiro atoms. The zero-order valence-electron chi connectivity index (χ0n) is 11.6. The number of nitrogens with one attached hydrogen (secondary N) is 2. The van der Waals surface area contributed by atoms with Gasteiger partial charge in [-0.1, -0.05) is 19.1 Å². The summed E-state index contributed by atoms with van der Waals surface area (Å²) in [6, 6.07) is 6.21. The Balaban J connectivity index is 2.89. The lowest BCUT2D eigenvalue weighted by molar-refractivity contribution is -0.116. The summed E-state index contributed by atoms with van der Waals surface area (Å²) < 4.78 is 26.4. The SMILES string of the molecule is CCNS(=O)(=O)c1ccccc1NC(=O)CCC(C)O. The molecule has 3 N–H and O–H groups in total. The first-order valence-corrected chi connectivity index (χ1v) is 7.91. The number of hydrogen-bond acceptors (Lipinski definition) is 4. The van der Waals surface area contributed by atoms with Gasteiger partial charge in [0.25, 0.3) is 0 Å². The largest absolute Gasteiger partial charge is 0.393 e. The van der Waals surface area contributed by atoms with Gasteiger partial charge in [0.2, 0.25) is 15.9 Å². The lowest BCUT2D eigenvalue weighted by Crippen LogP contribution is -2.25. The predicted octanol–water partition coefficient (Wildman–Crippen LogP) is 1.08. The van der Waals surface area contributed by atoms with Crippen LogP contribution in [-0.2, 0) is 14.8 Å². The third-order valence-corrected chi connectivity index (χ3v) is 4.18. The second kappa shape index (κ2) is 7.37. The van der Waals surface area contributed by atoms with Crippen molar-refractivity contribution in [3.05, 3.63) is 24.3 Å². The summed E-state index contributed by atoms with van der Waals surface area (Å²) in [5, 5.41) is 11.7. The molecule has 20 heavy (non-hydrogen) atoms. The van der Waals surface area contributed by atoms with Gasteiger partial charge >= 0.3 is 0 Å². The van der Waals surface area contributed by atoms with Gasteiger partial charge in [-0.2, -0.15) is 0 Å². The molecule has 1 aromatic carbocycles. The summed E-state index contributed by atoms with van der Waals surface area (Å²) in [7, 11) is -3.63. The van der Waals surface area contributed by atoms with E-state index in [1.54, 1.807) is 26.0 Å². The Morgan fingerprint density at radius 1 is 1.35 bits per heavy atom. The lowest BCUT2D eigenvalue weighted by Gasteiger charge is -2.12. The lowest BCUT2D eigenvalue weighted by atomic mass is 10.2. The van der Waals surface area contributed by atoms with E-state index in [9.17, 15) is 13.2 Å². The zero-order valence-corrected chi connectivity index (χ0v) is 12.4. The van der Waals surface area contributed by atoms with Crippen LogP contribution in [0.1, 0.15) is 26.7 Å². The van der Waals surface area contributed by atoms with Gasteiger partial charge in [0.15, 0.2) is 0 Å². The summed E-state index contributed by atoms with van der Waals surface area (Å²) in [4.78, 5) is 11.8. The summed E-state index contributed by atoms with van der Waals surface area (Å²) >= 11 is 0. The fraction of sp³-hybridized carbons (Fsp3) is 0.462. The number of aliphatic hydroxyl groups excluding tert-OH is 1. The van der Waals surface area contributed by atoms with Crippen LogP contribution in [0, 0.1) is 0 Å². The Labute approximate surface area is 119 Å². The number of carbonyl (C=O) groups is 1. The molecule has 0 aromatic heterocycles. The molecule has 1 unspecified atom stereocenters. The van der Waals surface area contributed by atoms with Crippen LogP contribution < -0.4 is 10.0 Å². The van der Waals surface area contributed by atoms with Crippen LogP contribution in [0.5, 0.6) is 0 Å². The number of benzene rings is 1. The van der Waals surface area contributed by atoms with E-state index in [0.29, 0.717) is 6.42 Å². The molecule has 0 aliphatic rings. The van der Waals surface area contributed by atoms with E-state index in [1.807, 2.05) is 0 Å². The van der Waals surface area contributed by atoms with Gasteiger partial charge < -0.3 is 10.4 Å². The molecule has 1 rings (SSSR count). The van der Waals surface area contributed by atoms with Crippen LogP contribution in [0.2, 0.25) is 0 Å². The Morgan fingerprint density at radius 2 is 2.00 bits per heavy atom. The van der Waals surface area contributed by atoms with Crippen LogP contribution >= 0.6 is 0 Å². The van der Waals surface area contributed by atoms with Crippen molar-refractivity contribution in [3.63, 3.8) is 0 Å². The highest BCUT2D eigenvalue weighted by Gasteiger charge is 2.18. The second-order valence-corrected chi connectivity index (χ2v) is 6.17. The minimum Gasteiger partial charge on any atom is -0.393 e. The van der Waals surface area contributed by atoms with Crippen LogP contribution in [0.15, 0.2) is 29.2 Å². The van der Waals surface area contributed by atoms with Crippen molar-refractivity contribution < 1.29 is 18.3 Å². The molecule has 1 amide bonds. The average Bonchev–Trinajstić information content (AvgIpc) is 2.37. The van der Waals surface area contributed by atoms with Gasteiger partial charge in [0, 0.05) is 13.0 Å². The normalized spacial score (nSPS) is 12.9. The molecular weight excluding hydrogens is 280 g/mol. The van der Waals surface area contributed by atoms with Gasteiger partial charge in [-0.15, -0.1) is 0 Å². The monoisotopic (exact) mass is 300 g/mol. The number of para-hydroxylation sites is 1. The summed E-state index contributed by atoms with van der Waals surface area (Å²) in [5.74, 6) is -0.329. The number of hydrogen-bond donors (Lipinski definition) is 3. The number of amides is 1. The predicted molar refractivity (Wildman–Crippen MR) is 76.8 cm³/mol. The smallest absolute Gasteiger partial charge is 0.242 e. The van der Waals surface area contributed by atoms with E-state index in [2.05, 4.69) is 10.0 Å². The summed E-state index contributed by atoms with van der Waals surface area (Å²) in [6.45, 7) is 3.55. The van der Waals surface area contributed by atoms with Crippen LogP contribution in [-0.4, -0.2) is 32.1 Å². The molecule has 1 atom stereocenters. The summed E-state index contributed by atoms with van der Waals surface area (Å²) in [5.41, 5.74) is 0.240. The van der Waals surface area contributed by atoms with E-state index >= 15 is 0 Å². The van der Waals surface area contributed by atoms with Gasteiger partial charge in [0.05, 0.1) is 11.8 Å². The van der Waals surface area contributed by atoms with Crippen molar-refractivity contribution >= 4 is 21.6 Å². The molecule has 1 aromatic rings. The fourth-order valence-electron chi connectivity index (χ4n) is 1.62. The molecule has 0 aliphatic heterocycles. The highest BCUT2D eigenvalue weighted by atomic mass is 32.2. The molecule has 0 bridgehead atoms. The molecule has 0 fully saturated rings. The highest BCUT2D eigenvalue weighted by molar-refractivity contribution is 7.89. The third-order valence-electron chi connectivity index (χ3n) is 2.57. The Bertz CT molecular complexity index is 555. The van der Waals surface area contributed by atoms with Gasteiger partial charge in [-0.05, 0) is 25.5 Å². The fourth-order valence-corrected chi connectivity index (χ4v) is 2.83. The van der Waals surface area contributed by atoms with E-state index in [4.69, 9.17) is 5.11 Å². The number of rotatable bonds is 7. The van der Waals surface area contributed by atoms with Crippen molar-refractivity contribution in [2.75, 3.05) is 11.9 Å². The molecule has 112 valence electrons. The Hall–Kier alpha value is -1.44. The van der Waals surface area contributed by atoms with Gasteiger partial charge in [-0.25, -0.2) is 13.1 Å². The molecule has 0 radical (unpaired) electrons. The quantitative estimate of drug-likeness (QED) is 0.702. The van der Waals surface area contributed by atoms with E-state index < -0.39 is 16.1 Å². The maximum absolute atomic E-state index is 12.0. The second-order valence-electron chi connectivity index (χ2n) is 4.43. The molecule has 7 heteroatoms. The number of sulfonamides is 1. The topological polar surface area (TPSA) is 95.5 Å². The Morgan fingerprint density at radius 3 is 2.60 bits per heavy atom. The molecule has 6 nitrogen and oxygen atoms in total. The van der Waals surface area contributed by atoms with E-state index in [0.717, 1.165) is 0 Å². The first kappa shape index (κ1) is 16.6. The standard InChI is InChI=1S/C13H20N2O4S/c1-3-14-20(18,19)12-7-5-4-6-11(12)15-13(17)9-8-10(2)16/h4-7,10,14,16H,3,8-9H2,1-2H3,(H,15,17). The van der Waals surface area contributed by atoms with Crippen LogP contribution in [0.25, 0.3) is 0 Å². The molecular formula is C13H20N2O4S. The van der Waals surface area contributed by atoms with Crippen molar-refractivity contribution in [1.29, 1.82) is 0 Å². The van der Waals surface area contributed by atoms with Crippen molar-refractivity contribution in [1.82, 2.24) is 4.72 Å². The minimum atomic E-state index is -3.63. The third kappa shape index (κ3) is 4.92. The number of carbonyl (C=O) groups excluding carboxylic acids is 1. The van der Waals surface area contributed by atoms with Crippen LogP contribution in [0.3, 0.4) is 0 Å². The average molecular weight is 300 g/mol. The van der Waals surface area contributed by atoms with Gasteiger partial charge in [-0.3, -0.25) is 4.79 Å². The Kier molecular flexibility index (Phi) is 6.12. The first-order chi connectivity index (χ1) is 9.36. The van der Waals surface area contributed by atoms with E-state index in [-0.39, 0.29) is 29.5 Å². The molecule has 0 heterocycles. The van der Waals surface area contributed by atoms with Gasteiger partial charge in [0.1, 0.15) is 4.90 Å².